The Balaban J connectivity index is 1.25. The minimum absolute atomic E-state index is 0.00164. The van der Waals surface area contributed by atoms with E-state index in [0.717, 1.165) is 36.9 Å². The lowest BCUT2D eigenvalue weighted by Gasteiger charge is -2.16. The van der Waals surface area contributed by atoms with Crippen molar-refractivity contribution in [2.45, 2.75) is 42.4 Å². The molecule has 0 bridgehead atoms. The van der Waals surface area contributed by atoms with Crippen molar-refractivity contribution in [3.05, 3.63) is 104 Å². The van der Waals surface area contributed by atoms with Gasteiger partial charge in [-0.1, -0.05) is 59.1 Å². The third-order valence-corrected chi connectivity index (χ3v) is 9.15. The van der Waals surface area contributed by atoms with E-state index in [4.69, 9.17) is 44.9 Å². The molecule has 3 aromatic carbocycles. The number of aliphatic hydroxyl groups is 1. The van der Waals surface area contributed by atoms with Crippen LogP contribution in [0.1, 0.15) is 54.2 Å². The van der Waals surface area contributed by atoms with Crippen molar-refractivity contribution in [1.82, 2.24) is 0 Å². The smallest absolute Gasteiger partial charge is 0.121 e. The number of nitrogens with one attached hydrogen (secondary N) is 1. The van der Waals surface area contributed by atoms with Crippen LogP contribution >= 0.6 is 46.6 Å². The van der Waals surface area contributed by atoms with E-state index in [1.807, 2.05) is 12.1 Å². The summed E-state index contributed by atoms with van der Waals surface area (Å²) in [5.41, 5.74) is 3.20. The minimum Gasteiger partial charge on any atom is -0.512 e. The Kier molecular flexibility index (Phi) is 8.92. The molecule has 2 N–H and O–H groups in total. The number of allylic oxidation sites excluding steroid dienone is 1. The van der Waals surface area contributed by atoms with E-state index in [1.54, 1.807) is 36.0 Å². The second-order valence-electron chi connectivity index (χ2n) is 9.90. The number of ether oxygens (including phenoxy) is 1. The number of carbonyl (C=O) groups excluding carboxylic acids is 1. The Bertz CT molecular complexity index is 1400. The Hall–Kier alpha value is -2.44. The fourth-order valence-corrected chi connectivity index (χ4v) is 6.44. The van der Waals surface area contributed by atoms with Crippen LogP contribution in [0.4, 0.5) is 0 Å². The van der Waals surface area contributed by atoms with Crippen molar-refractivity contribution in [2.24, 2.45) is 5.92 Å². The zero-order valence-electron chi connectivity index (χ0n) is 21.1. The third-order valence-electron chi connectivity index (χ3n) is 7.15. The predicted molar refractivity (Wildman–Crippen MR) is 161 cm³/mol. The first-order valence-corrected chi connectivity index (χ1v) is 15.0. The number of aldehydes is 1. The van der Waals surface area contributed by atoms with Crippen LogP contribution in [-0.4, -0.2) is 29.5 Å². The van der Waals surface area contributed by atoms with Crippen molar-refractivity contribution in [1.29, 1.82) is 5.41 Å². The van der Waals surface area contributed by atoms with Crippen LogP contribution in [-0.2, 0) is 4.79 Å². The first-order valence-electron chi connectivity index (χ1n) is 12.9. The summed E-state index contributed by atoms with van der Waals surface area (Å²) in [4.78, 5) is 11.7. The van der Waals surface area contributed by atoms with Gasteiger partial charge >= 0.3 is 0 Å². The highest BCUT2D eigenvalue weighted by Gasteiger charge is 2.40. The summed E-state index contributed by atoms with van der Waals surface area (Å²) in [5.74, 6) is 2.33. The minimum atomic E-state index is 0.00164. The Morgan fingerprint density at radius 1 is 1.00 bits per heavy atom. The molecule has 4 nitrogen and oxygen atoms in total. The molecule has 2 atom stereocenters. The molecule has 0 heterocycles. The summed E-state index contributed by atoms with van der Waals surface area (Å²) in [6.07, 6.45) is 4.31. The van der Waals surface area contributed by atoms with Crippen molar-refractivity contribution in [3.8, 4) is 5.75 Å². The van der Waals surface area contributed by atoms with Crippen molar-refractivity contribution >= 4 is 58.6 Å². The standard InChI is InChI=1S/C31H28Cl3NO3S/c32-26-3-1-4-27(33)29(26)30(35)25(31(37)19-5-6-19)17-38-20-9-12-22(28(34)15-20)24-16-23(24)18-7-10-21(11-8-18)39-14-2-13-36/h1,3-4,7-13,15,19,23-24,35,37H,2,5-6,14,16-17H2/b31-25-,35-30?. The average molecular weight is 601 g/mol. The molecule has 2 aliphatic carbocycles. The maximum absolute atomic E-state index is 10.9. The first-order chi connectivity index (χ1) is 18.9. The molecule has 0 amide bonds. The van der Waals surface area contributed by atoms with Crippen LogP contribution in [0.25, 0.3) is 0 Å². The number of thioether (sulfide) groups is 1. The summed E-state index contributed by atoms with van der Waals surface area (Å²) < 4.78 is 6.04. The van der Waals surface area contributed by atoms with Crippen LogP contribution in [0, 0.1) is 11.3 Å². The Morgan fingerprint density at radius 2 is 1.72 bits per heavy atom. The molecule has 2 fully saturated rings. The topological polar surface area (TPSA) is 70.4 Å². The number of hydrogen-bond acceptors (Lipinski definition) is 5. The summed E-state index contributed by atoms with van der Waals surface area (Å²) in [6, 6.07) is 19.3. The van der Waals surface area contributed by atoms with Gasteiger partial charge in [-0.05, 0) is 78.6 Å². The van der Waals surface area contributed by atoms with E-state index >= 15 is 0 Å². The lowest BCUT2D eigenvalue weighted by molar-refractivity contribution is -0.107. The molecule has 2 aliphatic rings. The molecule has 39 heavy (non-hydrogen) atoms. The van der Waals surface area contributed by atoms with E-state index in [9.17, 15) is 9.90 Å². The second-order valence-corrected chi connectivity index (χ2v) is 12.3. The number of halogens is 3. The van der Waals surface area contributed by atoms with E-state index in [1.165, 1.54) is 10.5 Å². The van der Waals surface area contributed by atoms with Gasteiger partial charge in [0.2, 0.25) is 0 Å². The number of hydrogen-bond donors (Lipinski definition) is 2. The normalized spacial score (nSPS) is 18.8. The zero-order chi connectivity index (χ0) is 27.5. The highest BCUT2D eigenvalue weighted by Crippen LogP contribution is 2.56. The average Bonchev–Trinajstić information content (AvgIpc) is 3.84. The summed E-state index contributed by atoms with van der Waals surface area (Å²) in [5, 5.41) is 21.0. The van der Waals surface area contributed by atoms with Crippen molar-refractivity contribution in [3.63, 3.8) is 0 Å². The molecule has 202 valence electrons. The van der Waals surface area contributed by atoms with E-state index in [2.05, 4.69) is 24.3 Å². The SMILES string of the molecule is N=C(/C(COc1ccc(C2CC2c2ccc(SCCC=O)cc2)c(Cl)c1)=C(\O)C1CC1)c1c(Cl)cccc1Cl. The lowest BCUT2D eigenvalue weighted by Crippen LogP contribution is -2.16. The fraction of sp³-hybridized carbons (Fsp3) is 0.290. The number of rotatable bonds is 12. The van der Waals surface area contributed by atoms with Gasteiger partial charge in [-0.2, -0.15) is 0 Å². The van der Waals surface area contributed by atoms with Crippen molar-refractivity contribution in [2.75, 3.05) is 12.4 Å². The van der Waals surface area contributed by atoms with E-state index in [-0.39, 0.29) is 24.0 Å². The summed E-state index contributed by atoms with van der Waals surface area (Å²) >= 11 is 21.1. The van der Waals surface area contributed by atoms with E-state index in [0.29, 0.717) is 50.2 Å². The van der Waals surface area contributed by atoms with Crippen LogP contribution in [0.5, 0.6) is 5.75 Å². The predicted octanol–water partition coefficient (Wildman–Crippen LogP) is 9.27. The molecule has 0 aromatic heterocycles. The molecule has 0 spiro atoms. The summed E-state index contributed by atoms with van der Waals surface area (Å²) in [7, 11) is 0. The maximum Gasteiger partial charge on any atom is 0.121 e. The lowest BCUT2D eigenvalue weighted by atomic mass is 10.00. The van der Waals surface area contributed by atoms with Gasteiger partial charge in [-0.3, -0.25) is 5.41 Å². The van der Waals surface area contributed by atoms with E-state index < -0.39 is 0 Å². The van der Waals surface area contributed by atoms with Gasteiger partial charge in [-0.25, -0.2) is 0 Å². The van der Waals surface area contributed by atoms with Gasteiger partial charge in [-0.15, -0.1) is 11.8 Å². The monoisotopic (exact) mass is 599 g/mol. The van der Waals surface area contributed by atoms with Gasteiger partial charge in [0.25, 0.3) is 0 Å². The fourth-order valence-electron chi connectivity index (χ4n) is 4.76. The quantitative estimate of drug-likeness (QED) is 0.0714. The van der Waals surface area contributed by atoms with Crippen LogP contribution in [0.3, 0.4) is 0 Å². The molecular formula is C31H28Cl3NO3S. The highest BCUT2D eigenvalue weighted by atomic mass is 35.5. The summed E-state index contributed by atoms with van der Waals surface area (Å²) in [6.45, 7) is 0.00164. The van der Waals surface area contributed by atoms with Gasteiger partial charge in [0.1, 0.15) is 24.4 Å². The molecule has 8 heteroatoms. The van der Waals surface area contributed by atoms with Gasteiger partial charge in [0.05, 0.1) is 21.3 Å². The second kappa shape index (κ2) is 12.4. The van der Waals surface area contributed by atoms with Gasteiger partial charge in [0, 0.05) is 33.6 Å². The zero-order valence-corrected chi connectivity index (χ0v) is 24.2. The Labute approximate surface area is 247 Å². The molecule has 2 unspecified atom stereocenters. The highest BCUT2D eigenvalue weighted by molar-refractivity contribution is 7.99. The largest absolute Gasteiger partial charge is 0.512 e. The maximum atomic E-state index is 10.9. The molecule has 5 rings (SSSR count). The number of benzene rings is 3. The Morgan fingerprint density at radius 3 is 2.36 bits per heavy atom. The van der Waals surface area contributed by atoms with Crippen LogP contribution in [0.2, 0.25) is 15.1 Å². The molecule has 0 aliphatic heterocycles. The number of aliphatic hydroxyl groups excluding tert-OH is 1. The first kappa shape index (κ1) is 28.1. The molecular weight excluding hydrogens is 573 g/mol. The van der Waals surface area contributed by atoms with Gasteiger partial charge in [0.15, 0.2) is 0 Å². The molecule has 0 saturated heterocycles. The molecule has 2 saturated carbocycles. The third kappa shape index (κ3) is 6.66. The number of carbonyl (C=O) groups is 1. The van der Waals surface area contributed by atoms with Crippen LogP contribution in [0.15, 0.2) is 76.9 Å². The van der Waals surface area contributed by atoms with Crippen LogP contribution < -0.4 is 4.74 Å². The molecule has 3 aromatic rings. The van der Waals surface area contributed by atoms with Crippen molar-refractivity contribution < 1.29 is 14.6 Å². The molecule has 0 radical (unpaired) electrons. The van der Waals surface area contributed by atoms with Gasteiger partial charge < -0.3 is 14.6 Å².